The molecule has 14 heavy (non-hydrogen) atoms. The van der Waals surface area contributed by atoms with E-state index < -0.39 is 12.7 Å². The smallest absolute Gasteiger partial charge is 0.300 e. The van der Waals surface area contributed by atoms with Crippen molar-refractivity contribution < 1.29 is 18.0 Å². The number of ketones is 1. The van der Waals surface area contributed by atoms with E-state index in [0.29, 0.717) is 13.0 Å². The third-order valence-corrected chi connectivity index (χ3v) is 2.48. The van der Waals surface area contributed by atoms with Gasteiger partial charge in [-0.15, -0.1) is 0 Å². The standard InChI is InChI=1S/C9H14F3NO/c1-7(14)8-3-2-4-13(5-8)6-9(10,11)12/h8H,2-6H2,1H3. The molecule has 0 bridgehead atoms. The van der Waals surface area contributed by atoms with Crippen molar-refractivity contribution in [1.82, 2.24) is 4.90 Å². The van der Waals surface area contributed by atoms with Crippen LogP contribution in [-0.4, -0.2) is 36.5 Å². The number of hydrogen-bond donors (Lipinski definition) is 0. The summed E-state index contributed by atoms with van der Waals surface area (Å²) >= 11 is 0. The normalized spacial score (nSPS) is 25.0. The lowest BCUT2D eigenvalue weighted by molar-refractivity contribution is -0.151. The summed E-state index contributed by atoms with van der Waals surface area (Å²) in [6.07, 6.45) is -2.75. The molecule has 0 amide bonds. The topological polar surface area (TPSA) is 20.3 Å². The van der Waals surface area contributed by atoms with Gasteiger partial charge in [0, 0.05) is 12.5 Å². The van der Waals surface area contributed by atoms with Gasteiger partial charge in [0.25, 0.3) is 0 Å². The minimum atomic E-state index is -4.15. The number of likely N-dealkylation sites (tertiary alicyclic amines) is 1. The van der Waals surface area contributed by atoms with Gasteiger partial charge in [-0.05, 0) is 26.3 Å². The minimum Gasteiger partial charge on any atom is -0.300 e. The van der Waals surface area contributed by atoms with Crippen molar-refractivity contribution >= 4 is 5.78 Å². The number of alkyl halides is 3. The largest absolute Gasteiger partial charge is 0.401 e. The second kappa shape index (κ2) is 4.29. The summed E-state index contributed by atoms with van der Waals surface area (Å²) in [5.41, 5.74) is 0. The highest BCUT2D eigenvalue weighted by Crippen LogP contribution is 2.22. The van der Waals surface area contributed by atoms with Crippen LogP contribution in [0.3, 0.4) is 0 Å². The second-order valence-electron chi connectivity index (χ2n) is 3.80. The van der Waals surface area contributed by atoms with Crippen LogP contribution in [0.2, 0.25) is 0 Å². The van der Waals surface area contributed by atoms with Crippen molar-refractivity contribution in [2.45, 2.75) is 25.9 Å². The SMILES string of the molecule is CC(=O)C1CCCN(CC(F)(F)F)C1. The van der Waals surface area contributed by atoms with Crippen molar-refractivity contribution in [2.75, 3.05) is 19.6 Å². The predicted molar refractivity (Wildman–Crippen MR) is 45.9 cm³/mol. The molecule has 0 aromatic rings. The molecule has 1 saturated heterocycles. The minimum absolute atomic E-state index is 0.00289. The van der Waals surface area contributed by atoms with Crippen LogP contribution in [0.5, 0.6) is 0 Å². The summed E-state index contributed by atoms with van der Waals surface area (Å²) in [6.45, 7) is 1.26. The first-order valence-corrected chi connectivity index (χ1v) is 4.68. The van der Waals surface area contributed by atoms with Gasteiger partial charge in [0.2, 0.25) is 0 Å². The van der Waals surface area contributed by atoms with Gasteiger partial charge in [0.05, 0.1) is 6.54 Å². The first-order valence-electron chi connectivity index (χ1n) is 4.68. The van der Waals surface area contributed by atoms with E-state index >= 15 is 0 Å². The fourth-order valence-electron chi connectivity index (χ4n) is 1.78. The van der Waals surface area contributed by atoms with Crippen LogP contribution in [0.1, 0.15) is 19.8 Å². The number of nitrogens with zero attached hydrogens (tertiary/aromatic N) is 1. The molecule has 5 heteroatoms. The summed E-state index contributed by atoms with van der Waals surface area (Å²) in [4.78, 5) is 12.3. The fourth-order valence-corrected chi connectivity index (χ4v) is 1.78. The Hall–Kier alpha value is -0.580. The van der Waals surface area contributed by atoms with E-state index in [0.717, 1.165) is 6.42 Å². The number of piperidine rings is 1. The van der Waals surface area contributed by atoms with E-state index in [1.807, 2.05) is 0 Å². The molecule has 0 aromatic heterocycles. The Bertz CT molecular complexity index is 215. The van der Waals surface area contributed by atoms with Crippen molar-refractivity contribution in [3.63, 3.8) is 0 Å². The zero-order valence-electron chi connectivity index (χ0n) is 8.10. The van der Waals surface area contributed by atoms with Gasteiger partial charge in [-0.25, -0.2) is 0 Å². The van der Waals surface area contributed by atoms with Crippen molar-refractivity contribution in [3.8, 4) is 0 Å². The third-order valence-electron chi connectivity index (χ3n) is 2.48. The number of Topliss-reactive ketones (excluding diaryl/α,β-unsaturated/α-hetero) is 1. The Morgan fingerprint density at radius 3 is 2.64 bits per heavy atom. The quantitative estimate of drug-likeness (QED) is 0.691. The summed E-state index contributed by atoms with van der Waals surface area (Å²) in [5.74, 6) is -0.206. The second-order valence-corrected chi connectivity index (χ2v) is 3.80. The highest BCUT2D eigenvalue weighted by Gasteiger charge is 2.33. The molecule has 1 aliphatic heterocycles. The molecular weight excluding hydrogens is 195 g/mol. The Balaban J connectivity index is 2.44. The average molecular weight is 209 g/mol. The molecule has 1 rings (SSSR count). The first kappa shape index (κ1) is 11.5. The van der Waals surface area contributed by atoms with Crippen LogP contribution in [0.15, 0.2) is 0 Å². The number of rotatable bonds is 2. The average Bonchev–Trinajstić information content (AvgIpc) is 2.01. The molecular formula is C9H14F3NO. The molecule has 2 nitrogen and oxygen atoms in total. The van der Waals surface area contributed by atoms with Crippen LogP contribution in [0.4, 0.5) is 13.2 Å². The van der Waals surface area contributed by atoms with Crippen molar-refractivity contribution in [3.05, 3.63) is 0 Å². The maximum atomic E-state index is 12.0. The van der Waals surface area contributed by atoms with Crippen molar-refractivity contribution in [2.24, 2.45) is 5.92 Å². The van der Waals surface area contributed by atoms with E-state index in [2.05, 4.69) is 0 Å². The molecule has 82 valence electrons. The Morgan fingerprint density at radius 1 is 1.50 bits per heavy atom. The van der Waals surface area contributed by atoms with Crippen LogP contribution in [0.25, 0.3) is 0 Å². The Labute approximate surface area is 81.1 Å². The lowest BCUT2D eigenvalue weighted by atomic mass is 9.95. The number of hydrogen-bond acceptors (Lipinski definition) is 2. The summed E-state index contributed by atoms with van der Waals surface area (Å²) in [7, 11) is 0. The first-order chi connectivity index (χ1) is 6.38. The zero-order chi connectivity index (χ0) is 10.8. The lowest BCUT2D eigenvalue weighted by Crippen LogP contribution is -2.42. The van der Waals surface area contributed by atoms with Crippen LogP contribution in [-0.2, 0) is 4.79 Å². The van der Waals surface area contributed by atoms with Gasteiger partial charge in [-0.2, -0.15) is 13.2 Å². The summed E-state index contributed by atoms with van der Waals surface area (Å²) in [6, 6.07) is 0. The van der Waals surface area contributed by atoms with Crippen LogP contribution in [0, 0.1) is 5.92 Å². The van der Waals surface area contributed by atoms with E-state index in [-0.39, 0.29) is 18.2 Å². The molecule has 0 radical (unpaired) electrons. The molecule has 0 aromatic carbocycles. The predicted octanol–water partition coefficient (Wildman–Crippen LogP) is 1.85. The number of carbonyl (C=O) groups is 1. The van der Waals surface area contributed by atoms with Gasteiger partial charge in [0.15, 0.2) is 0 Å². The van der Waals surface area contributed by atoms with Gasteiger partial charge in [0.1, 0.15) is 5.78 Å². The molecule has 0 N–H and O–H groups in total. The Morgan fingerprint density at radius 2 is 2.14 bits per heavy atom. The number of carbonyl (C=O) groups excluding carboxylic acids is 1. The van der Waals surface area contributed by atoms with E-state index in [9.17, 15) is 18.0 Å². The van der Waals surface area contributed by atoms with E-state index in [1.54, 1.807) is 0 Å². The van der Waals surface area contributed by atoms with Gasteiger partial charge in [-0.3, -0.25) is 9.69 Å². The molecule has 1 aliphatic rings. The summed E-state index contributed by atoms with van der Waals surface area (Å²) in [5, 5.41) is 0. The van der Waals surface area contributed by atoms with Gasteiger partial charge < -0.3 is 0 Å². The highest BCUT2D eigenvalue weighted by atomic mass is 19.4. The van der Waals surface area contributed by atoms with E-state index in [1.165, 1.54) is 11.8 Å². The van der Waals surface area contributed by atoms with Crippen LogP contribution < -0.4 is 0 Å². The molecule has 0 aliphatic carbocycles. The molecule has 1 atom stereocenters. The zero-order valence-corrected chi connectivity index (χ0v) is 8.10. The molecule has 1 fully saturated rings. The highest BCUT2D eigenvalue weighted by molar-refractivity contribution is 5.78. The van der Waals surface area contributed by atoms with Gasteiger partial charge in [-0.1, -0.05) is 0 Å². The van der Waals surface area contributed by atoms with E-state index in [4.69, 9.17) is 0 Å². The lowest BCUT2D eigenvalue weighted by Gasteiger charge is -2.31. The third kappa shape index (κ3) is 3.65. The maximum absolute atomic E-state index is 12.0. The molecule has 0 spiro atoms. The summed E-state index contributed by atoms with van der Waals surface area (Å²) < 4.78 is 36.1. The maximum Gasteiger partial charge on any atom is 0.401 e. The fraction of sp³-hybridized carbons (Fsp3) is 0.889. The number of halogens is 3. The molecule has 1 unspecified atom stereocenters. The van der Waals surface area contributed by atoms with Crippen molar-refractivity contribution in [1.29, 1.82) is 0 Å². The molecule has 0 saturated carbocycles. The van der Waals surface area contributed by atoms with Gasteiger partial charge >= 0.3 is 6.18 Å². The molecule has 1 heterocycles. The monoisotopic (exact) mass is 209 g/mol. The Kier molecular flexibility index (Phi) is 3.53. The van der Waals surface area contributed by atoms with Crippen LogP contribution >= 0.6 is 0 Å².